The molecule has 0 radical (unpaired) electrons. The van der Waals surface area contributed by atoms with Crippen molar-refractivity contribution in [2.45, 2.75) is 19.8 Å². The highest BCUT2D eigenvalue weighted by Gasteiger charge is 2.14. The van der Waals surface area contributed by atoms with Gasteiger partial charge >= 0.3 is 0 Å². The molecule has 0 bridgehead atoms. The molecule has 0 aliphatic heterocycles. The molecule has 0 unspecified atom stereocenters. The Labute approximate surface area is 173 Å². The van der Waals surface area contributed by atoms with Crippen LogP contribution >= 0.6 is 47.5 Å². The zero-order valence-corrected chi connectivity index (χ0v) is 17.5. The minimum Gasteiger partial charge on any atom is -0.351 e. The summed E-state index contributed by atoms with van der Waals surface area (Å²) < 4.78 is 1.03. The second kappa shape index (κ2) is 10.7. The number of thiazole rings is 1. The van der Waals surface area contributed by atoms with E-state index >= 15 is 0 Å². The van der Waals surface area contributed by atoms with Crippen molar-refractivity contribution in [3.8, 4) is 0 Å². The third-order valence-electron chi connectivity index (χ3n) is 3.62. The zero-order valence-electron chi connectivity index (χ0n) is 14.3. The first-order valence-electron chi connectivity index (χ1n) is 7.88. The normalized spacial score (nSPS) is 10.1. The Morgan fingerprint density at radius 1 is 1.19 bits per heavy atom. The van der Waals surface area contributed by atoms with Gasteiger partial charge in [-0.3, -0.25) is 4.79 Å². The van der Waals surface area contributed by atoms with E-state index in [0.29, 0.717) is 18.0 Å². The second-order valence-electron chi connectivity index (χ2n) is 5.49. The Balaban J connectivity index is 0.00000169. The fraction of sp³-hybridized carbons (Fsp3) is 0.294. The molecule has 9 heteroatoms. The number of carbonyl (C=O) groups excluding carboxylic acids is 1. The second-order valence-corrected chi connectivity index (χ2v) is 7.55. The number of halogens is 2. The lowest BCUT2D eigenvalue weighted by molar-refractivity contribution is 0.0957. The van der Waals surface area contributed by atoms with Gasteiger partial charge in [0.2, 0.25) is 0 Å². The summed E-state index contributed by atoms with van der Waals surface area (Å²) in [6.45, 7) is 3.38. The van der Waals surface area contributed by atoms with Gasteiger partial charge in [0.1, 0.15) is 4.83 Å². The SMILES string of the molecule is Cc1ccccc1Nc1nc2sc(C(=O)NCCCCN)cc2s1.Cl.Cl. The lowest BCUT2D eigenvalue weighted by Gasteiger charge is -2.05. The van der Waals surface area contributed by atoms with Crippen LogP contribution in [-0.2, 0) is 0 Å². The molecule has 1 aromatic carbocycles. The number of hydrogen-bond acceptors (Lipinski definition) is 6. The topological polar surface area (TPSA) is 80.0 Å². The smallest absolute Gasteiger partial charge is 0.261 e. The summed E-state index contributed by atoms with van der Waals surface area (Å²) in [7, 11) is 0. The molecule has 0 fully saturated rings. The molecule has 0 aliphatic rings. The van der Waals surface area contributed by atoms with Crippen molar-refractivity contribution >= 4 is 73.7 Å². The summed E-state index contributed by atoms with van der Waals surface area (Å²) in [6.07, 6.45) is 1.83. The highest BCUT2D eigenvalue weighted by Crippen LogP contribution is 2.34. The minimum atomic E-state index is -0.0318. The quantitative estimate of drug-likeness (QED) is 0.471. The molecule has 142 valence electrons. The van der Waals surface area contributed by atoms with Gasteiger partial charge in [0.25, 0.3) is 5.91 Å². The van der Waals surface area contributed by atoms with Gasteiger partial charge in [-0.05, 0) is 44.0 Å². The molecular formula is C17H22Cl2N4OS2. The number of aromatic nitrogens is 1. The lowest BCUT2D eigenvalue weighted by Crippen LogP contribution is -2.23. The molecule has 0 saturated carbocycles. The van der Waals surface area contributed by atoms with Crippen LogP contribution in [0, 0.1) is 6.92 Å². The number of nitrogens with one attached hydrogen (secondary N) is 2. The van der Waals surface area contributed by atoms with E-state index in [2.05, 4.69) is 28.6 Å². The first-order chi connectivity index (χ1) is 11.7. The van der Waals surface area contributed by atoms with Crippen LogP contribution in [-0.4, -0.2) is 24.0 Å². The summed E-state index contributed by atoms with van der Waals surface area (Å²) >= 11 is 2.99. The van der Waals surface area contributed by atoms with E-state index in [1.165, 1.54) is 16.9 Å². The minimum absolute atomic E-state index is 0. The summed E-state index contributed by atoms with van der Waals surface area (Å²) in [4.78, 5) is 18.3. The summed E-state index contributed by atoms with van der Waals surface area (Å²) in [5.41, 5.74) is 7.68. The number of aryl methyl sites for hydroxylation is 1. The van der Waals surface area contributed by atoms with Crippen LogP contribution < -0.4 is 16.4 Å². The number of hydrogen-bond donors (Lipinski definition) is 3. The number of nitrogens with two attached hydrogens (primary N) is 1. The largest absolute Gasteiger partial charge is 0.351 e. The van der Waals surface area contributed by atoms with Gasteiger partial charge in [0.15, 0.2) is 5.13 Å². The molecule has 5 nitrogen and oxygen atoms in total. The van der Waals surface area contributed by atoms with E-state index < -0.39 is 0 Å². The predicted molar refractivity (Wildman–Crippen MR) is 117 cm³/mol. The number of benzene rings is 1. The number of amides is 1. The summed E-state index contributed by atoms with van der Waals surface area (Å²) in [5, 5.41) is 7.12. The van der Waals surface area contributed by atoms with Gasteiger partial charge in [-0.1, -0.05) is 29.5 Å². The number of para-hydroxylation sites is 1. The Hall–Kier alpha value is -1.38. The van der Waals surface area contributed by atoms with Gasteiger partial charge in [0, 0.05) is 12.2 Å². The average Bonchev–Trinajstić information content (AvgIpc) is 3.12. The van der Waals surface area contributed by atoms with Crippen LogP contribution in [0.4, 0.5) is 10.8 Å². The van der Waals surface area contributed by atoms with E-state index in [1.54, 1.807) is 11.3 Å². The highest BCUT2D eigenvalue weighted by molar-refractivity contribution is 7.29. The maximum Gasteiger partial charge on any atom is 0.261 e. The fourth-order valence-electron chi connectivity index (χ4n) is 2.29. The molecule has 0 atom stereocenters. The van der Waals surface area contributed by atoms with Crippen molar-refractivity contribution in [2.75, 3.05) is 18.4 Å². The van der Waals surface area contributed by atoms with E-state index in [1.807, 2.05) is 24.3 Å². The van der Waals surface area contributed by atoms with Crippen molar-refractivity contribution in [3.63, 3.8) is 0 Å². The van der Waals surface area contributed by atoms with Gasteiger partial charge in [-0.15, -0.1) is 36.2 Å². The first kappa shape index (κ1) is 22.7. The molecule has 0 aliphatic carbocycles. The molecule has 4 N–H and O–H groups in total. The van der Waals surface area contributed by atoms with Crippen LogP contribution in [0.2, 0.25) is 0 Å². The maximum atomic E-state index is 12.1. The van der Waals surface area contributed by atoms with Gasteiger partial charge < -0.3 is 16.4 Å². The first-order valence-corrected chi connectivity index (χ1v) is 9.52. The van der Waals surface area contributed by atoms with Crippen molar-refractivity contribution < 1.29 is 4.79 Å². The monoisotopic (exact) mass is 432 g/mol. The van der Waals surface area contributed by atoms with Crippen molar-refractivity contribution in [1.82, 2.24) is 10.3 Å². The number of thiophene rings is 1. The molecule has 3 aromatic rings. The van der Waals surface area contributed by atoms with E-state index in [-0.39, 0.29) is 30.7 Å². The van der Waals surface area contributed by atoms with Crippen LogP contribution in [0.25, 0.3) is 9.53 Å². The molecule has 3 rings (SSSR count). The summed E-state index contributed by atoms with van der Waals surface area (Å²) in [5.74, 6) is -0.0318. The number of nitrogens with zero attached hydrogens (tertiary/aromatic N) is 1. The number of anilines is 2. The standard InChI is InChI=1S/C17H20N4OS2.2ClH/c1-11-6-2-3-7-12(11)20-17-21-16-14(24-17)10-13(23-16)15(22)19-9-5-4-8-18;;/h2-3,6-7,10H,4-5,8-9,18H2,1H3,(H,19,22)(H,20,21);2*1H. The Morgan fingerprint density at radius 2 is 1.96 bits per heavy atom. The van der Waals surface area contributed by atoms with E-state index in [4.69, 9.17) is 5.73 Å². The van der Waals surface area contributed by atoms with E-state index in [0.717, 1.165) is 33.2 Å². The molecule has 0 saturated heterocycles. The average molecular weight is 433 g/mol. The van der Waals surface area contributed by atoms with Crippen LogP contribution in [0.3, 0.4) is 0 Å². The molecule has 2 aromatic heterocycles. The lowest BCUT2D eigenvalue weighted by atomic mass is 10.2. The molecule has 2 heterocycles. The summed E-state index contributed by atoms with van der Waals surface area (Å²) in [6, 6.07) is 10.0. The number of unbranched alkanes of at least 4 members (excludes halogenated alkanes) is 1. The Kier molecular flexibility index (Phi) is 9.32. The molecule has 26 heavy (non-hydrogen) atoms. The van der Waals surface area contributed by atoms with Gasteiger partial charge in [-0.25, -0.2) is 4.98 Å². The van der Waals surface area contributed by atoms with Crippen LogP contribution in [0.15, 0.2) is 30.3 Å². The van der Waals surface area contributed by atoms with Crippen LogP contribution in [0.5, 0.6) is 0 Å². The molecule has 1 amide bonds. The van der Waals surface area contributed by atoms with Crippen LogP contribution in [0.1, 0.15) is 28.1 Å². The van der Waals surface area contributed by atoms with Crippen molar-refractivity contribution in [3.05, 3.63) is 40.8 Å². The van der Waals surface area contributed by atoms with Gasteiger partial charge in [-0.2, -0.15) is 0 Å². The third kappa shape index (κ3) is 5.56. The predicted octanol–water partition coefficient (Wildman–Crippen LogP) is 4.72. The maximum absolute atomic E-state index is 12.1. The van der Waals surface area contributed by atoms with Crippen molar-refractivity contribution in [2.24, 2.45) is 5.73 Å². The van der Waals surface area contributed by atoms with Gasteiger partial charge in [0.05, 0.1) is 9.58 Å². The fourth-order valence-corrected chi connectivity index (χ4v) is 4.33. The Morgan fingerprint density at radius 3 is 2.65 bits per heavy atom. The number of carbonyl (C=O) groups is 1. The zero-order chi connectivity index (χ0) is 16.9. The highest BCUT2D eigenvalue weighted by atomic mass is 35.5. The molecular weight excluding hydrogens is 411 g/mol. The third-order valence-corrected chi connectivity index (χ3v) is 5.69. The van der Waals surface area contributed by atoms with Crippen molar-refractivity contribution in [1.29, 1.82) is 0 Å². The molecule has 0 spiro atoms. The number of rotatable bonds is 7. The van der Waals surface area contributed by atoms with E-state index in [9.17, 15) is 4.79 Å². The number of fused-ring (bicyclic) bond motifs is 1. The Bertz CT molecular complexity index is 819.